The molecule has 0 atom stereocenters. The maximum atomic E-state index is 15.0. The van der Waals surface area contributed by atoms with Gasteiger partial charge in [0.2, 0.25) is 0 Å². The van der Waals surface area contributed by atoms with Gasteiger partial charge in [-0.15, -0.1) is 0 Å². The number of nitro groups is 1. The van der Waals surface area contributed by atoms with Crippen LogP contribution >= 0.6 is 0 Å². The number of rotatable bonds is 10. The van der Waals surface area contributed by atoms with Gasteiger partial charge in [-0.25, -0.2) is 13.8 Å². The Morgan fingerprint density at radius 3 is 2.49 bits per heavy atom. The molecule has 4 rings (SSSR count). The number of hydrogen-bond acceptors (Lipinski definition) is 6. The fraction of sp³-hybridized carbons (Fsp3) is 0.310. The van der Waals surface area contributed by atoms with E-state index >= 15 is 4.39 Å². The van der Waals surface area contributed by atoms with Crippen molar-refractivity contribution >= 4 is 17.7 Å². The number of carbonyl (C=O) groups is 1. The zero-order valence-electron chi connectivity index (χ0n) is 22.0. The van der Waals surface area contributed by atoms with Crippen molar-refractivity contribution in [3.05, 3.63) is 99.4 Å². The highest BCUT2D eigenvalue weighted by molar-refractivity contribution is 5.94. The molecule has 39 heavy (non-hydrogen) atoms. The number of likely N-dealkylation sites (tertiary alicyclic amines) is 1. The van der Waals surface area contributed by atoms with Crippen molar-refractivity contribution in [2.24, 2.45) is 0 Å². The Balaban J connectivity index is 1.64. The van der Waals surface area contributed by atoms with E-state index in [-0.39, 0.29) is 23.7 Å². The highest BCUT2D eigenvalue weighted by Crippen LogP contribution is 2.27. The van der Waals surface area contributed by atoms with E-state index in [1.807, 2.05) is 0 Å². The number of halogens is 2. The number of nitrogens with zero attached hydrogens (tertiary/aromatic N) is 5. The van der Waals surface area contributed by atoms with Gasteiger partial charge in [0.1, 0.15) is 17.8 Å². The lowest BCUT2D eigenvalue weighted by atomic mass is 10.0. The van der Waals surface area contributed by atoms with E-state index in [4.69, 9.17) is 0 Å². The highest BCUT2D eigenvalue weighted by atomic mass is 19.1. The summed E-state index contributed by atoms with van der Waals surface area (Å²) in [6, 6.07) is 11.4. The minimum absolute atomic E-state index is 0.00406. The monoisotopic (exact) mass is 535 g/mol. The van der Waals surface area contributed by atoms with E-state index in [1.54, 1.807) is 54.4 Å². The summed E-state index contributed by atoms with van der Waals surface area (Å²) >= 11 is 0. The molecule has 1 aliphatic heterocycles. The zero-order valence-corrected chi connectivity index (χ0v) is 22.0. The summed E-state index contributed by atoms with van der Waals surface area (Å²) in [5.41, 5.74) is 1.84. The SMILES string of the molecule is CN(C)C=Cc1cc(-c2ccc(F)c(CN(CCN3CCCC3)C(=O)c3ccc(F)cc3)c2)ncc1[N+](=O)[O-]. The summed E-state index contributed by atoms with van der Waals surface area (Å²) in [4.78, 5) is 34.2. The molecule has 204 valence electrons. The van der Waals surface area contributed by atoms with Crippen LogP contribution in [0.5, 0.6) is 0 Å². The molecular formula is C29H31F2N5O3. The average Bonchev–Trinajstić information content (AvgIpc) is 3.44. The van der Waals surface area contributed by atoms with Crippen molar-refractivity contribution in [3.8, 4) is 11.3 Å². The van der Waals surface area contributed by atoms with Crippen LogP contribution in [0.1, 0.15) is 34.3 Å². The molecular weight excluding hydrogens is 504 g/mol. The number of hydrogen-bond donors (Lipinski definition) is 0. The standard InChI is InChI=1S/C29H31F2N5O3/c1-33(2)14-11-23-18-27(32-19-28(23)36(38)39)22-7-10-26(31)24(17-22)20-35(16-15-34-12-3-4-13-34)29(37)21-5-8-25(30)9-6-21/h5-11,14,17-19H,3-4,12-13,15-16,20H2,1-2H3. The van der Waals surface area contributed by atoms with Gasteiger partial charge in [0.15, 0.2) is 0 Å². The van der Waals surface area contributed by atoms with E-state index in [1.165, 1.54) is 36.5 Å². The second-order valence-corrected chi connectivity index (χ2v) is 9.75. The third-order valence-electron chi connectivity index (χ3n) is 6.63. The van der Waals surface area contributed by atoms with Crippen molar-refractivity contribution in [3.63, 3.8) is 0 Å². The summed E-state index contributed by atoms with van der Waals surface area (Å²) in [7, 11) is 3.61. The lowest BCUT2D eigenvalue weighted by Gasteiger charge is -2.26. The first kappa shape index (κ1) is 27.8. The molecule has 3 aromatic rings. The zero-order chi connectivity index (χ0) is 27.9. The number of carbonyl (C=O) groups excluding carboxylic acids is 1. The lowest BCUT2D eigenvalue weighted by Crippen LogP contribution is -2.37. The molecule has 1 fully saturated rings. The molecule has 1 amide bonds. The fourth-order valence-corrected chi connectivity index (χ4v) is 4.49. The summed E-state index contributed by atoms with van der Waals surface area (Å²) in [6.07, 6.45) is 6.72. The Morgan fingerprint density at radius 1 is 1.10 bits per heavy atom. The largest absolute Gasteiger partial charge is 0.383 e. The highest BCUT2D eigenvalue weighted by Gasteiger charge is 2.21. The quantitative estimate of drug-likeness (QED) is 0.262. The minimum atomic E-state index is -0.498. The van der Waals surface area contributed by atoms with E-state index < -0.39 is 16.6 Å². The fourth-order valence-electron chi connectivity index (χ4n) is 4.49. The molecule has 0 bridgehead atoms. The number of pyridine rings is 1. The predicted molar refractivity (Wildman–Crippen MR) is 146 cm³/mol. The van der Waals surface area contributed by atoms with Crippen LogP contribution in [0.2, 0.25) is 0 Å². The van der Waals surface area contributed by atoms with Gasteiger partial charge in [-0.05, 0) is 86.7 Å². The molecule has 0 radical (unpaired) electrons. The molecule has 1 aliphatic rings. The van der Waals surface area contributed by atoms with Gasteiger partial charge in [-0.2, -0.15) is 0 Å². The molecule has 2 aromatic carbocycles. The number of amides is 1. The maximum absolute atomic E-state index is 15.0. The second kappa shape index (κ2) is 12.6. The van der Waals surface area contributed by atoms with Crippen molar-refractivity contribution in [1.29, 1.82) is 0 Å². The van der Waals surface area contributed by atoms with Gasteiger partial charge in [0, 0.05) is 50.4 Å². The van der Waals surface area contributed by atoms with Crippen molar-refractivity contribution in [2.75, 3.05) is 40.3 Å². The van der Waals surface area contributed by atoms with Crippen LogP contribution in [0, 0.1) is 21.7 Å². The third kappa shape index (κ3) is 7.23. The molecule has 2 heterocycles. The van der Waals surface area contributed by atoms with Crippen LogP contribution in [-0.4, -0.2) is 70.8 Å². The Labute approximate surface area is 226 Å². The number of aromatic nitrogens is 1. The van der Waals surface area contributed by atoms with Crippen LogP contribution in [0.25, 0.3) is 17.3 Å². The van der Waals surface area contributed by atoms with Crippen LogP contribution in [-0.2, 0) is 6.54 Å². The molecule has 1 saturated heterocycles. The van der Waals surface area contributed by atoms with E-state index in [0.29, 0.717) is 35.5 Å². The van der Waals surface area contributed by atoms with E-state index in [0.717, 1.165) is 25.9 Å². The summed E-state index contributed by atoms with van der Waals surface area (Å²) in [6.45, 7) is 2.95. The van der Waals surface area contributed by atoms with Gasteiger partial charge in [0.25, 0.3) is 11.6 Å². The summed E-state index contributed by atoms with van der Waals surface area (Å²) in [5.74, 6) is -1.24. The minimum Gasteiger partial charge on any atom is -0.383 e. The Hall–Kier alpha value is -4.18. The van der Waals surface area contributed by atoms with Crippen LogP contribution < -0.4 is 0 Å². The Morgan fingerprint density at radius 2 is 1.82 bits per heavy atom. The van der Waals surface area contributed by atoms with Crippen molar-refractivity contribution < 1.29 is 18.5 Å². The normalized spacial score (nSPS) is 13.6. The lowest BCUT2D eigenvalue weighted by molar-refractivity contribution is -0.385. The second-order valence-electron chi connectivity index (χ2n) is 9.75. The summed E-state index contributed by atoms with van der Waals surface area (Å²) < 4.78 is 28.5. The third-order valence-corrected chi connectivity index (χ3v) is 6.63. The van der Waals surface area contributed by atoms with Gasteiger partial charge in [-0.1, -0.05) is 0 Å². The van der Waals surface area contributed by atoms with E-state index in [2.05, 4.69) is 9.88 Å². The van der Waals surface area contributed by atoms with Crippen LogP contribution in [0.4, 0.5) is 14.5 Å². The molecule has 0 N–H and O–H groups in total. The Bertz CT molecular complexity index is 1360. The molecule has 0 unspecified atom stereocenters. The van der Waals surface area contributed by atoms with Crippen molar-refractivity contribution in [1.82, 2.24) is 19.7 Å². The predicted octanol–water partition coefficient (Wildman–Crippen LogP) is 5.21. The van der Waals surface area contributed by atoms with Gasteiger partial charge >= 0.3 is 0 Å². The van der Waals surface area contributed by atoms with Crippen LogP contribution in [0.15, 0.2) is 60.9 Å². The maximum Gasteiger partial charge on any atom is 0.294 e. The van der Waals surface area contributed by atoms with Gasteiger partial charge < -0.3 is 14.7 Å². The van der Waals surface area contributed by atoms with Crippen molar-refractivity contribution in [2.45, 2.75) is 19.4 Å². The first-order valence-electron chi connectivity index (χ1n) is 12.8. The van der Waals surface area contributed by atoms with Gasteiger partial charge in [-0.3, -0.25) is 14.9 Å². The molecule has 0 saturated carbocycles. The van der Waals surface area contributed by atoms with Gasteiger partial charge in [0.05, 0.1) is 16.2 Å². The number of benzene rings is 2. The molecule has 8 nitrogen and oxygen atoms in total. The first-order chi connectivity index (χ1) is 18.7. The van der Waals surface area contributed by atoms with E-state index in [9.17, 15) is 19.3 Å². The first-order valence-corrected chi connectivity index (χ1v) is 12.8. The van der Waals surface area contributed by atoms with Crippen LogP contribution in [0.3, 0.4) is 0 Å². The molecule has 0 aliphatic carbocycles. The Kier molecular flexibility index (Phi) is 8.98. The molecule has 10 heteroatoms. The summed E-state index contributed by atoms with van der Waals surface area (Å²) in [5, 5.41) is 11.5. The molecule has 1 aromatic heterocycles. The average molecular weight is 536 g/mol. The topological polar surface area (TPSA) is 82.8 Å². The molecule has 0 spiro atoms. The smallest absolute Gasteiger partial charge is 0.294 e.